The van der Waals surface area contributed by atoms with Crippen LogP contribution in [0.2, 0.25) is 0 Å². The molecule has 1 unspecified atom stereocenters. The molecule has 0 saturated carbocycles. The van der Waals surface area contributed by atoms with Gasteiger partial charge >= 0.3 is 0 Å². The molecule has 0 fully saturated rings. The van der Waals surface area contributed by atoms with Crippen molar-refractivity contribution in [3.8, 4) is 0 Å². The lowest BCUT2D eigenvalue weighted by Gasteiger charge is -2.20. The number of rotatable bonds is 3. The van der Waals surface area contributed by atoms with Gasteiger partial charge in [-0.3, -0.25) is 4.18 Å². The van der Waals surface area contributed by atoms with Gasteiger partial charge in [-0.1, -0.05) is 11.6 Å². The van der Waals surface area contributed by atoms with Gasteiger partial charge in [0.25, 0.3) is 10.1 Å². The second-order valence-electron chi connectivity index (χ2n) is 3.56. The van der Waals surface area contributed by atoms with E-state index in [2.05, 4.69) is 6.08 Å². The minimum absolute atomic E-state index is 0.295. The summed E-state index contributed by atoms with van der Waals surface area (Å²) in [5.74, 6) is 0.295. The summed E-state index contributed by atoms with van der Waals surface area (Å²) in [7, 11) is -3.27. The zero-order chi connectivity index (χ0) is 9.90. The fourth-order valence-corrected chi connectivity index (χ4v) is 1.92. The molecule has 0 aromatic rings. The zero-order valence-electron chi connectivity index (χ0n) is 8.12. The maximum Gasteiger partial charge on any atom is 0.264 e. The highest BCUT2D eigenvalue weighted by Crippen LogP contribution is 2.24. The van der Waals surface area contributed by atoms with Gasteiger partial charge in [0, 0.05) is 5.92 Å². The molecule has 0 aromatic heterocycles. The Kier molecular flexibility index (Phi) is 3.50. The van der Waals surface area contributed by atoms with Gasteiger partial charge in [-0.15, -0.1) is 0 Å². The van der Waals surface area contributed by atoms with E-state index in [0.29, 0.717) is 12.5 Å². The molecule has 13 heavy (non-hydrogen) atoms. The highest BCUT2D eigenvalue weighted by atomic mass is 32.2. The van der Waals surface area contributed by atoms with Crippen LogP contribution in [0.4, 0.5) is 0 Å². The molecular weight excluding hydrogens is 188 g/mol. The molecule has 0 aliphatic heterocycles. The van der Waals surface area contributed by atoms with Crippen molar-refractivity contribution in [2.24, 2.45) is 5.92 Å². The highest BCUT2D eigenvalue weighted by Gasteiger charge is 2.16. The van der Waals surface area contributed by atoms with Gasteiger partial charge in [0.2, 0.25) is 0 Å². The number of hydrogen-bond donors (Lipinski definition) is 0. The minimum Gasteiger partial charge on any atom is -0.270 e. The van der Waals surface area contributed by atoms with E-state index in [9.17, 15) is 8.42 Å². The molecular formula is C9H16O3S. The second-order valence-corrected chi connectivity index (χ2v) is 5.21. The van der Waals surface area contributed by atoms with Crippen molar-refractivity contribution in [2.45, 2.75) is 26.2 Å². The Balaban J connectivity index is 2.45. The Labute approximate surface area is 79.9 Å². The van der Waals surface area contributed by atoms with Crippen LogP contribution in [-0.4, -0.2) is 21.3 Å². The van der Waals surface area contributed by atoms with E-state index in [0.717, 1.165) is 25.5 Å². The van der Waals surface area contributed by atoms with Gasteiger partial charge in [-0.25, -0.2) is 0 Å². The Morgan fingerprint density at radius 2 is 2.31 bits per heavy atom. The van der Waals surface area contributed by atoms with Gasteiger partial charge in [0.1, 0.15) is 0 Å². The topological polar surface area (TPSA) is 43.4 Å². The molecule has 0 saturated heterocycles. The first-order valence-corrected chi connectivity index (χ1v) is 6.32. The van der Waals surface area contributed by atoms with Gasteiger partial charge in [0.05, 0.1) is 12.9 Å². The average Bonchev–Trinajstić information content (AvgIpc) is 2.01. The molecule has 3 nitrogen and oxygen atoms in total. The summed E-state index contributed by atoms with van der Waals surface area (Å²) in [6.45, 7) is 2.34. The lowest BCUT2D eigenvalue weighted by atomic mass is 9.90. The predicted octanol–water partition coefficient (Wildman–Crippen LogP) is 1.71. The van der Waals surface area contributed by atoms with E-state index in [4.69, 9.17) is 4.18 Å². The van der Waals surface area contributed by atoms with E-state index in [1.54, 1.807) is 0 Å². The van der Waals surface area contributed by atoms with Crippen LogP contribution in [-0.2, 0) is 14.3 Å². The van der Waals surface area contributed by atoms with Crippen molar-refractivity contribution < 1.29 is 12.6 Å². The van der Waals surface area contributed by atoms with Crippen LogP contribution in [0.1, 0.15) is 26.2 Å². The molecule has 0 spiro atoms. The summed E-state index contributed by atoms with van der Waals surface area (Å²) < 4.78 is 26.2. The molecule has 1 aliphatic rings. The maximum absolute atomic E-state index is 10.7. The third-order valence-electron chi connectivity index (χ3n) is 2.35. The van der Waals surface area contributed by atoms with Crippen molar-refractivity contribution in [2.75, 3.05) is 12.9 Å². The average molecular weight is 204 g/mol. The van der Waals surface area contributed by atoms with Crippen LogP contribution in [0.5, 0.6) is 0 Å². The molecule has 0 radical (unpaired) electrons. The van der Waals surface area contributed by atoms with Gasteiger partial charge in [-0.2, -0.15) is 8.42 Å². The van der Waals surface area contributed by atoms with Crippen molar-refractivity contribution >= 4 is 10.1 Å². The molecule has 0 aromatic carbocycles. The molecule has 4 heteroatoms. The Morgan fingerprint density at radius 3 is 2.85 bits per heavy atom. The summed E-state index contributed by atoms with van der Waals surface area (Å²) in [6.07, 6.45) is 6.54. The summed E-state index contributed by atoms with van der Waals surface area (Å²) in [5, 5.41) is 0. The quantitative estimate of drug-likeness (QED) is 0.519. The van der Waals surface area contributed by atoms with Crippen molar-refractivity contribution in [1.29, 1.82) is 0 Å². The molecule has 1 rings (SSSR count). The van der Waals surface area contributed by atoms with Crippen molar-refractivity contribution in [3.05, 3.63) is 11.6 Å². The molecule has 0 heterocycles. The number of hydrogen-bond acceptors (Lipinski definition) is 3. The monoisotopic (exact) mass is 204 g/mol. The largest absolute Gasteiger partial charge is 0.270 e. The van der Waals surface area contributed by atoms with Crippen molar-refractivity contribution in [1.82, 2.24) is 0 Å². The second kappa shape index (κ2) is 4.24. The normalized spacial score (nSPS) is 24.2. The molecule has 0 amide bonds. The lowest BCUT2D eigenvalue weighted by molar-refractivity contribution is 0.262. The van der Waals surface area contributed by atoms with E-state index < -0.39 is 10.1 Å². The van der Waals surface area contributed by atoms with Crippen LogP contribution < -0.4 is 0 Å². The van der Waals surface area contributed by atoms with Crippen LogP contribution in [0.3, 0.4) is 0 Å². The number of allylic oxidation sites excluding steroid dienone is 1. The lowest BCUT2D eigenvalue weighted by Crippen LogP contribution is -2.16. The third-order valence-corrected chi connectivity index (χ3v) is 2.91. The zero-order valence-corrected chi connectivity index (χ0v) is 8.93. The Hall–Kier alpha value is -0.350. The predicted molar refractivity (Wildman–Crippen MR) is 51.9 cm³/mol. The first kappa shape index (κ1) is 10.7. The van der Waals surface area contributed by atoms with E-state index in [1.165, 1.54) is 5.57 Å². The summed E-state index contributed by atoms with van der Waals surface area (Å²) in [6, 6.07) is 0. The van der Waals surface area contributed by atoms with Crippen LogP contribution >= 0.6 is 0 Å². The first-order chi connectivity index (χ1) is 5.99. The molecule has 1 aliphatic carbocycles. The van der Waals surface area contributed by atoms with Crippen LogP contribution in [0, 0.1) is 5.92 Å². The molecule has 1 atom stereocenters. The highest BCUT2D eigenvalue weighted by molar-refractivity contribution is 7.85. The van der Waals surface area contributed by atoms with E-state index in [1.807, 2.05) is 6.92 Å². The summed E-state index contributed by atoms with van der Waals surface area (Å²) in [4.78, 5) is 0. The standard InChI is InChI=1S/C9H16O3S/c1-8-5-3-4-6-9(8)7-12-13(2,10)11/h5,9H,3-4,6-7H2,1-2H3. The van der Waals surface area contributed by atoms with E-state index in [-0.39, 0.29) is 0 Å². The summed E-state index contributed by atoms with van der Waals surface area (Å²) >= 11 is 0. The molecule has 76 valence electrons. The van der Waals surface area contributed by atoms with Crippen LogP contribution in [0.15, 0.2) is 11.6 Å². The molecule has 0 N–H and O–H groups in total. The maximum atomic E-state index is 10.7. The summed E-state index contributed by atoms with van der Waals surface area (Å²) in [5.41, 5.74) is 1.26. The minimum atomic E-state index is -3.27. The SMILES string of the molecule is CC1=CCCCC1COS(C)(=O)=O. The fourth-order valence-electron chi connectivity index (χ4n) is 1.51. The smallest absolute Gasteiger partial charge is 0.264 e. The van der Waals surface area contributed by atoms with Gasteiger partial charge < -0.3 is 0 Å². The van der Waals surface area contributed by atoms with E-state index >= 15 is 0 Å². The fraction of sp³-hybridized carbons (Fsp3) is 0.778. The van der Waals surface area contributed by atoms with Crippen molar-refractivity contribution in [3.63, 3.8) is 0 Å². The Bertz CT molecular complexity index is 290. The van der Waals surface area contributed by atoms with Gasteiger partial charge in [0.15, 0.2) is 0 Å². The first-order valence-electron chi connectivity index (χ1n) is 4.50. The molecule has 0 bridgehead atoms. The Morgan fingerprint density at radius 1 is 1.62 bits per heavy atom. The van der Waals surface area contributed by atoms with Crippen LogP contribution in [0.25, 0.3) is 0 Å². The van der Waals surface area contributed by atoms with Gasteiger partial charge in [-0.05, 0) is 26.2 Å². The third kappa shape index (κ3) is 3.91.